The van der Waals surface area contributed by atoms with E-state index < -0.39 is 23.3 Å². The van der Waals surface area contributed by atoms with Gasteiger partial charge in [0.15, 0.2) is 5.78 Å². The van der Waals surface area contributed by atoms with Crippen LogP contribution in [-0.4, -0.2) is 43.5 Å². The van der Waals surface area contributed by atoms with E-state index in [0.29, 0.717) is 22.3 Å². The normalized spacial score (nSPS) is 11.3. The second-order valence-corrected chi connectivity index (χ2v) is 25.1. The van der Waals surface area contributed by atoms with E-state index in [1.807, 2.05) is 30.3 Å². The van der Waals surface area contributed by atoms with Crippen LogP contribution in [-0.2, 0) is 14.2 Å². The van der Waals surface area contributed by atoms with Crippen LogP contribution in [0.15, 0.2) is 48.5 Å². The Kier molecular flexibility index (Phi) is 21.2. The van der Waals surface area contributed by atoms with Crippen molar-refractivity contribution in [2.24, 2.45) is 5.41 Å². The summed E-state index contributed by atoms with van der Waals surface area (Å²) in [6.45, 7) is -0.873. The molecule has 0 N–H and O–H groups in total. The number of benzene rings is 4. The van der Waals surface area contributed by atoms with Gasteiger partial charge in [-0.05, 0) is 326 Å². The Morgan fingerprint density at radius 1 is 0.415 bits per heavy atom. The molecule has 4 aromatic carbocycles. The molecule has 0 spiro atoms. The maximum absolute atomic E-state index is 13.9. The van der Waals surface area contributed by atoms with Gasteiger partial charge in [0.25, 0.3) is 0 Å². The molecule has 0 atom stereocenters. The summed E-state index contributed by atoms with van der Waals surface area (Å²) in [5.41, 5.74) is 0.425. The summed E-state index contributed by atoms with van der Waals surface area (Å²) in [7, 11) is 0. The second-order valence-electron chi connectivity index (χ2n) is 11.1. The first kappa shape index (κ1) is 49.4. The van der Waals surface area contributed by atoms with Crippen LogP contribution >= 0.6 is 271 Å². The standard InChI is InChI=1S/C34H18I12O7/c35-14-3-18(27(43)22(39)7-14)26(47)1-2-34(11-51-31(48)19-4-15(36)8-23(40)28(19)44,12-52-32(49)20-5-16(37)9-24(41)29(20)45)13-53-33(50)21-6-17(38)10-25(42)30(21)46/h3-10H,1-2,11-13H2. The Hall–Kier alpha value is 3.72. The van der Waals surface area contributed by atoms with Gasteiger partial charge in [0.2, 0.25) is 0 Å². The van der Waals surface area contributed by atoms with Gasteiger partial charge in [-0.1, -0.05) is 0 Å². The number of rotatable bonds is 13. The predicted molar refractivity (Wildman–Crippen MR) is 305 cm³/mol. The quantitative estimate of drug-likeness (QED) is 0.0433. The Labute approximate surface area is 469 Å². The number of carbonyl (C=O) groups is 4. The van der Waals surface area contributed by atoms with E-state index in [1.54, 1.807) is 18.2 Å². The van der Waals surface area contributed by atoms with Crippen LogP contribution in [0.4, 0.5) is 0 Å². The molecule has 4 rings (SSSR count). The van der Waals surface area contributed by atoms with E-state index in [1.165, 1.54) is 0 Å². The maximum Gasteiger partial charge on any atom is 0.339 e. The molecular formula is C34H18I12O7. The zero-order valence-electron chi connectivity index (χ0n) is 26.0. The lowest BCUT2D eigenvalue weighted by atomic mass is 9.84. The SMILES string of the molecule is O=C(CCC(COC(=O)c1cc(I)cc(I)c1I)(COC(=O)c1cc(I)cc(I)c1I)COC(=O)c1cc(I)cc(I)c1I)c1cc(I)cc(I)c1I. The van der Waals surface area contributed by atoms with E-state index in [4.69, 9.17) is 14.2 Å². The Bertz CT molecular complexity index is 1820. The second kappa shape index (κ2) is 22.7. The number of ketones is 1. The fraction of sp³-hybridized carbons (Fsp3) is 0.176. The van der Waals surface area contributed by atoms with Crippen molar-refractivity contribution in [3.05, 3.63) is 114 Å². The topological polar surface area (TPSA) is 96.0 Å². The van der Waals surface area contributed by atoms with Crippen molar-refractivity contribution in [1.82, 2.24) is 0 Å². The zero-order valence-corrected chi connectivity index (χ0v) is 51.9. The first-order valence-corrected chi connectivity index (χ1v) is 27.4. The highest BCUT2D eigenvalue weighted by molar-refractivity contribution is 14.1. The summed E-state index contributed by atoms with van der Waals surface area (Å²) < 4.78 is 28.3. The third-order valence-corrected chi connectivity index (χ3v) is 22.0. The molecular weight excluding hydrogens is 2040 g/mol. The third kappa shape index (κ3) is 13.9. The summed E-state index contributed by atoms with van der Waals surface area (Å²) in [6, 6.07) is 15.0. The maximum atomic E-state index is 13.9. The largest absolute Gasteiger partial charge is 0.461 e. The average Bonchev–Trinajstić information content (AvgIpc) is 3.09. The molecule has 0 unspecified atom stereocenters. The van der Waals surface area contributed by atoms with E-state index in [2.05, 4.69) is 271 Å². The van der Waals surface area contributed by atoms with E-state index >= 15 is 0 Å². The highest BCUT2D eigenvalue weighted by Crippen LogP contribution is 2.33. The van der Waals surface area contributed by atoms with Crippen LogP contribution in [0, 0.1) is 48.3 Å². The van der Waals surface area contributed by atoms with Crippen molar-refractivity contribution in [2.75, 3.05) is 19.8 Å². The fourth-order valence-electron chi connectivity index (χ4n) is 4.62. The van der Waals surface area contributed by atoms with Crippen LogP contribution in [0.1, 0.15) is 54.3 Å². The highest BCUT2D eigenvalue weighted by atomic mass is 127. The van der Waals surface area contributed by atoms with Crippen molar-refractivity contribution in [1.29, 1.82) is 0 Å². The number of Topliss-reactive ketones (excluding diaryl/α,β-unsaturated/α-hetero) is 1. The van der Waals surface area contributed by atoms with Gasteiger partial charge in [0.05, 0.1) is 22.1 Å². The summed E-state index contributed by atoms with van der Waals surface area (Å²) in [5, 5.41) is 0. The molecule has 0 amide bonds. The lowest BCUT2D eigenvalue weighted by Crippen LogP contribution is -2.40. The Morgan fingerprint density at radius 3 is 0.981 bits per heavy atom. The number of carbonyl (C=O) groups excluding carboxylic acids is 4. The lowest BCUT2D eigenvalue weighted by molar-refractivity contribution is -0.0401. The molecule has 53 heavy (non-hydrogen) atoms. The molecule has 0 aliphatic rings. The summed E-state index contributed by atoms with van der Waals surface area (Å²) in [4.78, 5) is 55.1. The zero-order chi connectivity index (χ0) is 39.4. The van der Waals surface area contributed by atoms with Crippen LogP contribution < -0.4 is 0 Å². The monoisotopic (exact) mass is 2060 g/mol. The number of halogens is 12. The van der Waals surface area contributed by atoms with E-state index in [9.17, 15) is 19.2 Å². The molecule has 0 saturated carbocycles. The molecule has 0 aliphatic heterocycles. The van der Waals surface area contributed by atoms with E-state index in [0.717, 1.165) is 42.8 Å². The van der Waals surface area contributed by atoms with Gasteiger partial charge >= 0.3 is 17.9 Å². The fourth-order valence-corrected chi connectivity index (χ4v) is 14.2. The molecule has 4 aromatic rings. The molecule has 19 heteroatoms. The van der Waals surface area contributed by atoms with Crippen LogP contribution in [0.5, 0.6) is 0 Å². The molecule has 0 radical (unpaired) electrons. The number of esters is 3. The molecule has 0 bridgehead atoms. The summed E-state index contributed by atoms with van der Waals surface area (Å²) >= 11 is 25.9. The molecule has 0 fully saturated rings. The third-order valence-electron chi connectivity index (χ3n) is 7.34. The highest BCUT2D eigenvalue weighted by Gasteiger charge is 2.38. The number of ether oxygens (including phenoxy) is 3. The van der Waals surface area contributed by atoms with Gasteiger partial charge in [-0.25, -0.2) is 14.4 Å². The average molecular weight is 2060 g/mol. The van der Waals surface area contributed by atoms with Crippen molar-refractivity contribution in [2.45, 2.75) is 12.8 Å². The molecule has 0 saturated heterocycles. The summed E-state index contributed by atoms with van der Waals surface area (Å²) in [6.07, 6.45) is 0.0927. The minimum absolute atomic E-state index is 0.00876. The molecule has 280 valence electrons. The van der Waals surface area contributed by atoms with Crippen LogP contribution in [0.25, 0.3) is 0 Å². The van der Waals surface area contributed by atoms with Crippen molar-refractivity contribution in [3.8, 4) is 0 Å². The van der Waals surface area contributed by atoms with E-state index in [-0.39, 0.29) is 38.4 Å². The summed E-state index contributed by atoms with van der Waals surface area (Å²) in [5.74, 6) is -1.87. The van der Waals surface area contributed by atoms with Crippen LogP contribution in [0.2, 0.25) is 0 Å². The lowest BCUT2D eigenvalue weighted by Gasteiger charge is -2.32. The molecule has 0 aliphatic carbocycles. The van der Waals surface area contributed by atoms with Gasteiger partial charge in [-0.3, -0.25) is 4.79 Å². The number of hydrogen-bond acceptors (Lipinski definition) is 7. The predicted octanol–water partition coefficient (Wildman–Crippen LogP) is 13.5. The van der Waals surface area contributed by atoms with Crippen molar-refractivity contribution < 1.29 is 33.4 Å². The number of hydrogen-bond donors (Lipinski definition) is 0. The minimum Gasteiger partial charge on any atom is -0.461 e. The van der Waals surface area contributed by atoms with Gasteiger partial charge in [-0.15, -0.1) is 0 Å². The van der Waals surface area contributed by atoms with Crippen LogP contribution in [0.3, 0.4) is 0 Å². The van der Waals surface area contributed by atoms with Gasteiger partial charge in [0, 0.05) is 54.8 Å². The van der Waals surface area contributed by atoms with Crippen molar-refractivity contribution >= 4 is 295 Å². The first-order valence-electron chi connectivity index (χ1n) is 14.4. The molecule has 0 heterocycles. The molecule has 7 nitrogen and oxygen atoms in total. The Balaban J connectivity index is 1.76. The van der Waals surface area contributed by atoms with Gasteiger partial charge in [-0.2, -0.15) is 0 Å². The van der Waals surface area contributed by atoms with Gasteiger partial charge < -0.3 is 14.2 Å². The molecule has 0 aromatic heterocycles. The van der Waals surface area contributed by atoms with Crippen molar-refractivity contribution in [3.63, 3.8) is 0 Å². The smallest absolute Gasteiger partial charge is 0.339 e. The Morgan fingerprint density at radius 2 is 0.679 bits per heavy atom. The minimum atomic E-state index is -1.29. The van der Waals surface area contributed by atoms with Gasteiger partial charge in [0.1, 0.15) is 19.8 Å². The first-order chi connectivity index (χ1) is 24.8.